The fourth-order valence-electron chi connectivity index (χ4n) is 4.59. The molecular weight excluding hydrogens is 446 g/mol. The summed E-state index contributed by atoms with van der Waals surface area (Å²) in [5.41, 5.74) is 7.45. The molecule has 33 heavy (non-hydrogen) atoms. The van der Waals surface area contributed by atoms with Crippen molar-refractivity contribution in [2.45, 2.75) is 11.2 Å². The number of carbonyl (C=O) groups excluding carboxylic acids is 4. The van der Waals surface area contributed by atoms with E-state index in [0.29, 0.717) is 11.3 Å². The highest BCUT2D eigenvalue weighted by molar-refractivity contribution is 8.04. The minimum Gasteiger partial charge on any atom is -0.495 e. The number of hydrogen-bond donors (Lipinski definition) is 2. The van der Waals surface area contributed by atoms with E-state index >= 15 is 0 Å². The Morgan fingerprint density at radius 2 is 1.91 bits per heavy atom. The minimum atomic E-state index is -0.868. The van der Waals surface area contributed by atoms with Crippen molar-refractivity contribution >= 4 is 41.1 Å². The van der Waals surface area contributed by atoms with E-state index in [1.807, 2.05) is 0 Å². The summed E-state index contributed by atoms with van der Waals surface area (Å²) in [5.74, 6) is -2.97. The van der Waals surface area contributed by atoms with E-state index in [0.717, 1.165) is 16.7 Å². The van der Waals surface area contributed by atoms with Gasteiger partial charge in [0.05, 0.1) is 29.3 Å². The standard InChI is InChI=1S/C23H19N3O6S/c1-25-20(27)10-7-8-14(31-2)12(9-10)26-21(28)16-15-11-5-3-4-6-13(11)32-23(30)17(15)19(24)33-18(16)22(26)29/h3-9,15-16,18H,24H2,1-2H3,(H,25,27)/t15-,16-,18-/m1/s1. The molecule has 1 saturated heterocycles. The van der Waals surface area contributed by atoms with Gasteiger partial charge in [-0.3, -0.25) is 14.4 Å². The van der Waals surface area contributed by atoms with E-state index in [9.17, 15) is 19.2 Å². The maximum atomic E-state index is 13.8. The van der Waals surface area contributed by atoms with Gasteiger partial charge in [-0.05, 0) is 24.3 Å². The van der Waals surface area contributed by atoms with E-state index in [1.54, 1.807) is 30.3 Å². The molecular formula is C23H19N3O6S. The fourth-order valence-corrected chi connectivity index (χ4v) is 5.83. The Labute approximate surface area is 192 Å². The van der Waals surface area contributed by atoms with Gasteiger partial charge in [-0.1, -0.05) is 30.0 Å². The van der Waals surface area contributed by atoms with Gasteiger partial charge in [0.25, 0.3) is 5.91 Å². The highest BCUT2D eigenvalue weighted by Crippen LogP contribution is 2.55. The van der Waals surface area contributed by atoms with Crippen molar-refractivity contribution in [3.05, 3.63) is 64.2 Å². The van der Waals surface area contributed by atoms with Gasteiger partial charge in [-0.15, -0.1) is 0 Å². The summed E-state index contributed by atoms with van der Waals surface area (Å²) in [7, 11) is 2.90. The molecule has 3 amide bonds. The summed E-state index contributed by atoms with van der Waals surface area (Å²) < 4.78 is 10.8. The number of thioether (sulfide) groups is 1. The zero-order valence-electron chi connectivity index (χ0n) is 17.7. The molecule has 2 aromatic rings. The van der Waals surface area contributed by atoms with Crippen LogP contribution in [0.4, 0.5) is 5.69 Å². The van der Waals surface area contributed by atoms with Crippen molar-refractivity contribution in [2.24, 2.45) is 11.7 Å². The molecule has 0 spiro atoms. The van der Waals surface area contributed by atoms with Crippen molar-refractivity contribution in [1.82, 2.24) is 5.32 Å². The van der Waals surface area contributed by atoms with Crippen molar-refractivity contribution in [3.8, 4) is 11.5 Å². The molecule has 0 saturated carbocycles. The van der Waals surface area contributed by atoms with Crippen LogP contribution < -0.4 is 25.4 Å². The molecule has 9 nitrogen and oxygen atoms in total. The number of nitrogens with one attached hydrogen (secondary N) is 1. The number of amides is 3. The Hall–Kier alpha value is -3.79. The molecule has 10 heteroatoms. The van der Waals surface area contributed by atoms with Crippen molar-refractivity contribution in [3.63, 3.8) is 0 Å². The molecule has 5 rings (SSSR count). The third-order valence-corrected chi connectivity index (χ3v) is 7.29. The molecule has 3 atom stereocenters. The Morgan fingerprint density at radius 1 is 1.15 bits per heavy atom. The second-order valence-electron chi connectivity index (χ2n) is 7.72. The molecule has 0 bridgehead atoms. The molecule has 0 unspecified atom stereocenters. The molecule has 0 radical (unpaired) electrons. The Kier molecular flexibility index (Phi) is 4.89. The van der Waals surface area contributed by atoms with Crippen LogP contribution in [0, 0.1) is 5.92 Å². The van der Waals surface area contributed by atoms with Gasteiger partial charge in [0.2, 0.25) is 11.8 Å². The highest BCUT2D eigenvalue weighted by atomic mass is 32.2. The van der Waals surface area contributed by atoms with Gasteiger partial charge in [-0.2, -0.15) is 0 Å². The third-order valence-electron chi connectivity index (χ3n) is 6.07. The zero-order chi connectivity index (χ0) is 23.4. The first kappa shape index (κ1) is 21.1. The number of nitrogens with zero attached hydrogens (tertiary/aromatic N) is 1. The molecule has 3 aliphatic rings. The van der Waals surface area contributed by atoms with E-state index in [-0.39, 0.29) is 33.5 Å². The molecule has 3 aliphatic heterocycles. The summed E-state index contributed by atoms with van der Waals surface area (Å²) in [6.45, 7) is 0. The number of para-hydroxylation sites is 1. The second kappa shape index (κ2) is 7.66. The number of carbonyl (C=O) groups is 4. The molecule has 3 N–H and O–H groups in total. The van der Waals surface area contributed by atoms with Crippen molar-refractivity contribution in [2.75, 3.05) is 19.1 Å². The van der Waals surface area contributed by atoms with Crippen LogP contribution in [-0.2, 0) is 14.4 Å². The topological polar surface area (TPSA) is 128 Å². The SMILES string of the molecule is CNC(=O)c1ccc(OC)c(N2C(=O)[C@@H]3[C@@H]4C(=C(N)S[C@H]3C2=O)C(=O)Oc2ccccc24)c1. The Bertz CT molecular complexity index is 1270. The number of ether oxygens (including phenoxy) is 2. The lowest BCUT2D eigenvalue weighted by molar-refractivity contribution is -0.131. The van der Waals surface area contributed by atoms with Gasteiger partial charge in [-0.25, -0.2) is 9.69 Å². The number of fused-ring (bicyclic) bond motifs is 5. The van der Waals surface area contributed by atoms with Crippen LogP contribution in [0.15, 0.2) is 53.1 Å². The molecule has 168 valence electrons. The van der Waals surface area contributed by atoms with Crippen molar-refractivity contribution in [1.29, 1.82) is 0 Å². The highest BCUT2D eigenvalue weighted by Gasteiger charge is 2.59. The quantitative estimate of drug-likeness (QED) is 0.397. The second-order valence-corrected chi connectivity index (χ2v) is 8.91. The van der Waals surface area contributed by atoms with Gasteiger partial charge >= 0.3 is 5.97 Å². The summed E-state index contributed by atoms with van der Waals surface area (Å²) in [4.78, 5) is 53.2. The number of methoxy groups -OCH3 is 1. The van der Waals surface area contributed by atoms with Crippen LogP contribution in [0.3, 0.4) is 0 Å². The lowest BCUT2D eigenvalue weighted by Gasteiger charge is -2.36. The van der Waals surface area contributed by atoms with Crippen LogP contribution in [-0.4, -0.2) is 43.1 Å². The van der Waals surface area contributed by atoms with Crippen LogP contribution >= 0.6 is 11.8 Å². The molecule has 2 aromatic carbocycles. The van der Waals surface area contributed by atoms with Gasteiger partial charge in [0.1, 0.15) is 16.7 Å². The zero-order valence-corrected chi connectivity index (χ0v) is 18.5. The Morgan fingerprint density at radius 3 is 2.64 bits per heavy atom. The lowest BCUT2D eigenvalue weighted by Crippen LogP contribution is -2.39. The van der Waals surface area contributed by atoms with Gasteiger partial charge < -0.3 is 20.5 Å². The van der Waals surface area contributed by atoms with Crippen LogP contribution in [0.25, 0.3) is 0 Å². The number of esters is 1. The number of benzene rings is 2. The molecule has 1 fully saturated rings. The number of anilines is 1. The van der Waals surface area contributed by atoms with E-state index in [2.05, 4.69) is 5.32 Å². The smallest absolute Gasteiger partial charge is 0.342 e. The first-order chi connectivity index (χ1) is 15.9. The first-order valence-electron chi connectivity index (χ1n) is 10.1. The summed E-state index contributed by atoms with van der Waals surface area (Å²) in [5, 5.41) is 1.85. The third kappa shape index (κ3) is 3.01. The normalized spacial score (nSPS) is 23.5. The predicted molar refractivity (Wildman–Crippen MR) is 120 cm³/mol. The van der Waals surface area contributed by atoms with Crippen LogP contribution in [0.2, 0.25) is 0 Å². The summed E-state index contributed by atoms with van der Waals surface area (Å²) >= 11 is 0.984. The first-order valence-corrected chi connectivity index (χ1v) is 11.0. The number of hydrogen-bond acceptors (Lipinski definition) is 8. The average molecular weight is 465 g/mol. The molecule has 0 aromatic heterocycles. The summed E-state index contributed by atoms with van der Waals surface area (Å²) in [6.07, 6.45) is 0. The largest absolute Gasteiger partial charge is 0.495 e. The van der Waals surface area contributed by atoms with Crippen molar-refractivity contribution < 1.29 is 28.7 Å². The monoisotopic (exact) mass is 465 g/mol. The van der Waals surface area contributed by atoms with Gasteiger partial charge in [0.15, 0.2) is 0 Å². The predicted octanol–water partition coefficient (Wildman–Crippen LogP) is 1.53. The average Bonchev–Trinajstić information content (AvgIpc) is 3.07. The lowest BCUT2D eigenvalue weighted by atomic mass is 9.77. The number of imide groups is 1. The van der Waals surface area contributed by atoms with Crippen LogP contribution in [0.1, 0.15) is 21.8 Å². The van der Waals surface area contributed by atoms with Crippen LogP contribution in [0.5, 0.6) is 11.5 Å². The van der Waals surface area contributed by atoms with E-state index in [1.165, 1.54) is 26.3 Å². The number of nitrogens with two attached hydrogens (primary N) is 1. The maximum absolute atomic E-state index is 13.8. The summed E-state index contributed by atoms with van der Waals surface area (Å²) in [6, 6.07) is 11.4. The fraction of sp³-hybridized carbons (Fsp3) is 0.217. The molecule has 0 aliphatic carbocycles. The minimum absolute atomic E-state index is 0.162. The maximum Gasteiger partial charge on any atom is 0.342 e. The molecule has 3 heterocycles. The van der Waals surface area contributed by atoms with E-state index in [4.69, 9.17) is 15.2 Å². The van der Waals surface area contributed by atoms with E-state index < -0.39 is 34.9 Å². The van der Waals surface area contributed by atoms with Gasteiger partial charge in [0, 0.05) is 24.1 Å². The number of rotatable bonds is 3. The Balaban J connectivity index is 1.65.